The van der Waals surface area contributed by atoms with Crippen LogP contribution in [0.15, 0.2) is 54.6 Å². The van der Waals surface area contributed by atoms with Crippen LogP contribution in [0.1, 0.15) is 69.4 Å². The molecule has 3 aromatic carbocycles. The van der Waals surface area contributed by atoms with Gasteiger partial charge in [0.2, 0.25) is 0 Å². The van der Waals surface area contributed by atoms with Crippen LogP contribution in [0.3, 0.4) is 0 Å². The molecule has 0 bridgehead atoms. The van der Waals surface area contributed by atoms with Crippen molar-refractivity contribution in [1.29, 1.82) is 0 Å². The predicted molar refractivity (Wildman–Crippen MR) is 155 cm³/mol. The number of carboxylic acids is 1. The van der Waals surface area contributed by atoms with E-state index < -0.39 is 17.4 Å². The summed E-state index contributed by atoms with van der Waals surface area (Å²) in [5.41, 5.74) is 2.14. The molecule has 0 atom stereocenters. The molecule has 206 valence electrons. The number of hydrogen-bond donors (Lipinski definition) is 2. The van der Waals surface area contributed by atoms with E-state index in [9.17, 15) is 19.4 Å². The minimum Gasteiger partial charge on any atom is -0.489 e. The molecule has 2 aliphatic rings. The Morgan fingerprint density at radius 3 is 2.40 bits per heavy atom. The van der Waals surface area contributed by atoms with Crippen LogP contribution in [-0.2, 0) is 12.2 Å². The monoisotopic (exact) mass is 617 g/mol. The molecule has 5 nitrogen and oxygen atoms in total. The van der Waals surface area contributed by atoms with Gasteiger partial charge < -0.3 is 14.9 Å². The quantitative estimate of drug-likeness (QED) is 0.206. The van der Waals surface area contributed by atoms with E-state index in [0.717, 1.165) is 30.2 Å². The maximum absolute atomic E-state index is 14.0. The number of rotatable bonds is 8. The van der Waals surface area contributed by atoms with Crippen LogP contribution in [-0.4, -0.2) is 20.6 Å². The van der Waals surface area contributed by atoms with Gasteiger partial charge in [0.05, 0.1) is 31.9 Å². The van der Waals surface area contributed by atoms with Gasteiger partial charge in [-0.1, -0.05) is 46.9 Å². The van der Waals surface area contributed by atoms with Crippen molar-refractivity contribution >= 4 is 52.3 Å². The number of aromatic carboxylic acids is 1. The average Bonchev–Trinajstić information content (AvgIpc) is 3.65. The van der Waals surface area contributed by atoms with E-state index in [1.165, 1.54) is 28.5 Å². The Bertz CT molecular complexity index is 1610. The Labute approximate surface area is 249 Å². The Hall–Kier alpha value is -2.68. The van der Waals surface area contributed by atoms with Crippen LogP contribution < -0.4 is 4.74 Å². The molecule has 10 heteroatoms. The summed E-state index contributed by atoms with van der Waals surface area (Å²) in [6.07, 6.45) is 2.81. The zero-order valence-corrected chi connectivity index (χ0v) is 24.0. The smallest absolute Gasteiger partial charge is 0.335 e. The van der Waals surface area contributed by atoms with E-state index in [-0.39, 0.29) is 18.1 Å². The van der Waals surface area contributed by atoms with Gasteiger partial charge in [-0.2, -0.15) is 4.37 Å². The first kappa shape index (κ1) is 27.5. The SMILES string of the molecule is O=C(O)c1cc(F)cc(C2CC(O)(c3ccc(OCc4c(-c5c(Cl)cccc5Cl)nsc4C4CC4)cc3Cl)C2)c1. The lowest BCUT2D eigenvalue weighted by Crippen LogP contribution is -2.40. The van der Waals surface area contributed by atoms with Crippen molar-refractivity contribution in [2.75, 3.05) is 0 Å². The Morgan fingerprint density at radius 2 is 1.75 bits per heavy atom. The van der Waals surface area contributed by atoms with Gasteiger partial charge >= 0.3 is 5.97 Å². The summed E-state index contributed by atoms with van der Waals surface area (Å²) < 4.78 is 24.8. The van der Waals surface area contributed by atoms with Gasteiger partial charge in [-0.3, -0.25) is 0 Å². The standard InChI is InChI=1S/C30H23Cl3FNO4S/c31-23-2-1-3-24(32)26(23)27-21(28(40-35-27)15-4-5-15)14-39-20-6-7-22(25(33)11-20)30(38)12-18(13-30)16-8-17(29(36)37)10-19(34)9-16/h1-3,6-11,15,18,38H,4-5,12-14H2,(H,36,37). The first-order valence-electron chi connectivity index (χ1n) is 12.7. The number of hydrogen-bond acceptors (Lipinski definition) is 5. The van der Waals surface area contributed by atoms with Gasteiger partial charge in [0.15, 0.2) is 0 Å². The summed E-state index contributed by atoms with van der Waals surface area (Å²) in [5, 5.41) is 21.9. The summed E-state index contributed by atoms with van der Waals surface area (Å²) in [5.74, 6) is -1.00. The molecule has 2 N–H and O–H groups in total. The second-order valence-electron chi connectivity index (χ2n) is 10.4. The molecule has 1 heterocycles. The highest BCUT2D eigenvalue weighted by molar-refractivity contribution is 7.06. The fourth-order valence-electron chi connectivity index (χ4n) is 5.35. The number of nitrogens with zero attached hydrogens (tertiary/aromatic N) is 1. The van der Waals surface area contributed by atoms with Crippen molar-refractivity contribution in [3.8, 4) is 17.0 Å². The number of carboxylic acid groups (broad SMARTS) is 1. The van der Waals surface area contributed by atoms with Gasteiger partial charge in [0.1, 0.15) is 18.2 Å². The molecule has 0 unspecified atom stereocenters. The van der Waals surface area contributed by atoms with Crippen LogP contribution in [0.4, 0.5) is 4.39 Å². The Balaban J connectivity index is 1.19. The van der Waals surface area contributed by atoms with Gasteiger partial charge in [-0.25, -0.2) is 9.18 Å². The van der Waals surface area contributed by atoms with Crippen molar-refractivity contribution in [3.63, 3.8) is 0 Å². The van der Waals surface area contributed by atoms with E-state index >= 15 is 0 Å². The molecule has 1 aromatic heterocycles. The Morgan fingerprint density at radius 1 is 1.02 bits per heavy atom. The van der Waals surface area contributed by atoms with Crippen LogP contribution in [0.5, 0.6) is 5.75 Å². The van der Waals surface area contributed by atoms with E-state index in [1.54, 1.807) is 36.4 Å². The Kier molecular flexibility index (Phi) is 7.30. The highest BCUT2D eigenvalue weighted by Gasteiger charge is 2.46. The zero-order chi connectivity index (χ0) is 28.2. The number of ether oxygens (including phenoxy) is 1. The molecule has 4 aromatic rings. The average molecular weight is 619 g/mol. The second-order valence-corrected chi connectivity index (χ2v) is 12.4. The van der Waals surface area contributed by atoms with Crippen molar-refractivity contribution in [3.05, 3.63) is 103 Å². The third-order valence-electron chi connectivity index (χ3n) is 7.60. The summed E-state index contributed by atoms with van der Waals surface area (Å²) in [4.78, 5) is 12.5. The molecule has 2 saturated carbocycles. The molecular weight excluding hydrogens is 596 g/mol. The maximum Gasteiger partial charge on any atom is 0.335 e. The molecule has 0 saturated heterocycles. The lowest BCUT2D eigenvalue weighted by molar-refractivity contribution is -0.0549. The second kappa shape index (κ2) is 10.6. The molecule has 2 fully saturated rings. The van der Waals surface area contributed by atoms with Crippen molar-refractivity contribution < 1.29 is 24.1 Å². The lowest BCUT2D eigenvalue weighted by atomic mass is 9.65. The fourth-order valence-corrected chi connectivity index (χ4v) is 7.31. The molecule has 0 radical (unpaired) electrons. The van der Waals surface area contributed by atoms with Crippen molar-refractivity contribution in [1.82, 2.24) is 4.37 Å². The topological polar surface area (TPSA) is 79.7 Å². The van der Waals surface area contributed by atoms with Crippen LogP contribution in [0.2, 0.25) is 15.1 Å². The fraction of sp³-hybridized carbons (Fsp3) is 0.267. The predicted octanol–water partition coefficient (Wildman–Crippen LogP) is 8.83. The van der Waals surface area contributed by atoms with Crippen LogP contribution >= 0.6 is 46.3 Å². The highest BCUT2D eigenvalue weighted by Crippen LogP contribution is 2.53. The first-order chi connectivity index (χ1) is 19.1. The minimum absolute atomic E-state index is 0.115. The summed E-state index contributed by atoms with van der Waals surface area (Å²) in [6.45, 7) is 0.257. The molecule has 6 rings (SSSR count). The summed E-state index contributed by atoms with van der Waals surface area (Å²) in [7, 11) is 0. The number of halogens is 4. The van der Waals surface area contributed by atoms with E-state index in [1.807, 2.05) is 0 Å². The normalized spacial score (nSPS) is 20.3. The summed E-state index contributed by atoms with van der Waals surface area (Å²) >= 11 is 21.0. The molecular formula is C30H23Cl3FNO4S. The van der Waals surface area contributed by atoms with Crippen molar-refractivity contribution in [2.45, 2.75) is 49.7 Å². The van der Waals surface area contributed by atoms with Gasteiger partial charge in [-0.15, -0.1) is 0 Å². The van der Waals surface area contributed by atoms with Crippen LogP contribution in [0.25, 0.3) is 11.3 Å². The van der Waals surface area contributed by atoms with E-state index in [0.29, 0.717) is 56.3 Å². The number of aromatic nitrogens is 1. The largest absolute Gasteiger partial charge is 0.489 e. The number of carbonyl (C=O) groups is 1. The van der Waals surface area contributed by atoms with E-state index in [4.69, 9.17) is 43.9 Å². The van der Waals surface area contributed by atoms with Crippen molar-refractivity contribution in [2.24, 2.45) is 0 Å². The lowest BCUT2D eigenvalue weighted by Gasteiger charge is -2.44. The molecule has 0 aliphatic heterocycles. The third kappa shape index (κ3) is 5.21. The molecule has 0 amide bonds. The minimum atomic E-state index is -1.21. The number of benzene rings is 3. The van der Waals surface area contributed by atoms with Crippen LogP contribution in [0, 0.1) is 5.82 Å². The maximum atomic E-state index is 14.0. The third-order valence-corrected chi connectivity index (χ3v) is 9.59. The number of aliphatic hydroxyl groups is 1. The van der Waals surface area contributed by atoms with E-state index in [2.05, 4.69) is 0 Å². The highest BCUT2D eigenvalue weighted by atomic mass is 35.5. The zero-order valence-electron chi connectivity index (χ0n) is 21.0. The van der Waals surface area contributed by atoms with Gasteiger partial charge in [-0.05, 0) is 97.1 Å². The summed E-state index contributed by atoms with van der Waals surface area (Å²) in [6, 6.07) is 14.3. The molecule has 40 heavy (non-hydrogen) atoms. The molecule has 2 aliphatic carbocycles. The van der Waals surface area contributed by atoms with Gasteiger partial charge in [0.25, 0.3) is 0 Å². The molecule has 0 spiro atoms. The first-order valence-corrected chi connectivity index (χ1v) is 14.7. The van der Waals surface area contributed by atoms with Gasteiger partial charge in [0, 0.05) is 21.6 Å².